The zero-order valence-electron chi connectivity index (χ0n) is 15.4. The van der Waals surface area contributed by atoms with E-state index in [1.165, 1.54) is 11.5 Å². The zero-order valence-corrected chi connectivity index (χ0v) is 16.2. The Morgan fingerprint density at radius 1 is 1.12 bits per heavy atom. The fourth-order valence-corrected chi connectivity index (χ4v) is 3.92. The third kappa shape index (κ3) is 3.68. The van der Waals surface area contributed by atoms with Gasteiger partial charge in [0.1, 0.15) is 5.82 Å². The smallest absolute Gasteiger partial charge is 0.232 e. The second-order valence-electron chi connectivity index (χ2n) is 7.36. The Balaban J connectivity index is 1.64. The topological polar surface area (TPSA) is 49.3 Å². The number of piperazine rings is 1. The molecule has 0 atom stereocenters. The van der Waals surface area contributed by atoms with E-state index in [9.17, 15) is 4.79 Å². The van der Waals surface area contributed by atoms with Gasteiger partial charge in [-0.25, -0.2) is 4.98 Å². The summed E-state index contributed by atoms with van der Waals surface area (Å²) >= 11 is 1.46. The molecule has 0 aliphatic carbocycles. The lowest BCUT2D eigenvalue weighted by Crippen LogP contribution is -2.53. The number of hydrogen-bond donors (Lipinski definition) is 0. The first-order chi connectivity index (χ1) is 11.9. The van der Waals surface area contributed by atoms with Crippen LogP contribution in [-0.4, -0.2) is 46.3 Å². The van der Waals surface area contributed by atoms with Crippen molar-refractivity contribution in [2.75, 3.05) is 31.1 Å². The summed E-state index contributed by atoms with van der Waals surface area (Å²) in [6.45, 7) is 11.3. The van der Waals surface area contributed by atoms with E-state index in [0.29, 0.717) is 5.92 Å². The average Bonchev–Trinajstić information content (AvgIpc) is 3.12. The Hall–Kier alpha value is -1.95. The van der Waals surface area contributed by atoms with Gasteiger partial charge in [0.2, 0.25) is 11.0 Å². The minimum absolute atomic E-state index is 0.193. The molecule has 1 aliphatic heterocycles. The number of carbonyl (C=O) groups excluding carboxylic acids is 1. The second-order valence-corrected chi connectivity index (χ2v) is 8.09. The Bertz CT molecular complexity index is 718. The molecule has 25 heavy (non-hydrogen) atoms. The lowest BCUT2D eigenvalue weighted by Gasteiger charge is -2.38. The summed E-state index contributed by atoms with van der Waals surface area (Å²) in [5, 5.41) is 0.970. The highest BCUT2D eigenvalue weighted by atomic mass is 32.1. The minimum Gasteiger partial charge on any atom is -0.343 e. The standard InChI is InChI=1S/C19H26N4OS/c1-14(2)16-20-18(25-21-16)23-12-10-22(11-13-23)17(24)19(3,4)15-8-6-5-7-9-15/h5-9,14H,10-13H2,1-4H3. The van der Waals surface area contributed by atoms with Crippen molar-refractivity contribution in [1.29, 1.82) is 0 Å². The molecular formula is C19H26N4OS. The first-order valence-corrected chi connectivity index (χ1v) is 9.60. The summed E-state index contributed by atoms with van der Waals surface area (Å²) in [6, 6.07) is 10.0. The van der Waals surface area contributed by atoms with Crippen molar-refractivity contribution in [3.63, 3.8) is 0 Å². The highest BCUT2D eigenvalue weighted by molar-refractivity contribution is 7.09. The van der Waals surface area contributed by atoms with E-state index in [1.54, 1.807) is 0 Å². The largest absolute Gasteiger partial charge is 0.343 e. The van der Waals surface area contributed by atoms with E-state index in [1.807, 2.05) is 49.1 Å². The van der Waals surface area contributed by atoms with Gasteiger partial charge >= 0.3 is 0 Å². The quantitative estimate of drug-likeness (QED) is 0.841. The van der Waals surface area contributed by atoms with Crippen LogP contribution in [-0.2, 0) is 10.2 Å². The number of anilines is 1. The van der Waals surface area contributed by atoms with Gasteiger partial charge in [-0.2, -0.15) is 4.37 Å². The fourth-order valence-electron chi connectivity index (χ4n) is 3.06. The van der Waals surface area contributed by atoms with Crippen LogP contribution in [0.25, 0.3) is 0 Å². The Labute approximate surface area is 153 Å². The van der Waals surface area contributed by atoms with Gasteiger partial charge in [0.05, 0.1) is 5.41 Å². The van der Waals surface area contributed by atoms with Crippen LogP contribution in [0.15, 0.2) is 30.3 Å². The number of aromatic nitrogens is 2. The van der Waals surface area contributed by atoms with Crippen molar-refractivity contribution in [1.82, 2.24) is 14.3 Å². The van der Waals surface area contributed by atoms with Crippen molar-refractivity contribution >= 4 is 22.6 Å². The van der Waals surface area contributed by atoms with Crippen LogP contribution in [0, 0.1) is 0 Å². The van der Waals surface area contributed by atoms with Gasteiger partial charge in [-0.15, -0.1) is 0 Å². The van der Waals surface area contributed by atoms with Crippen LogP contribution in [0.4, 0.5) is 5.13 Å². The molecule has 0 unspecified atom stereocenters. The minimum atomic E-state index is -0.503. The summed E-state index contributed by atoms with van der Waals surface area (Å²) in [5.41, 5.74) is 0.560. The Morgan fingerprint density at radius 3 is 2.32 bits per heavy atom. The molecule has 0 bridgehead atoms. The van der Waals surface area contributed by atoms with Gasteiger partial charge < -0.3 is 9.80 Å². The molecule has 1 fully saturated rings. The molecule has 1 aromatic heterocycles. The molecule has 5 nitrogen and oxygen atoms in total. The van der Waals surface area contributed by atoms with Gasteiger partial charge in [-0.05, 0) is 19.4 Å². The van der Waals surface area contributed by atoms with Crippen LogP contribution in [0.5, 0.6) is 0 Å². The third-order valence-electron chi connectivity index (χ3n) is 4.81. The van der Waals surface area contributed by atoms with Gasteiger partial charge in [-0.1, -0.05) is 44.2 Å². The predicted molar refractivity (Wildman–Crippen MR) is 102 cm³/mol. The van der Waals surface area contributed by atoms with E-state index < -0.39 is 5.41 Å². The number of nitrogens with zero attached hydrogens (tertiary/aromatic N) is 4. The second kappa shape index (κ2) is 7.12. The maximum Gasteiger partial charge on any atom is 0.232 e. The molecule has 0 spiro atoms. The Kier molecular flexibility index (Phi) is 5.08. The van der Waals surface area contributed by atoms with E-state index in [2.05, 4.69) is 28.1 Å². The normalized spacial score (nSPS) is 15.7. The highest BCUT2D eigenvalue weighted by Gasteiger charge is 2.35. The summed E-state index contributed by atoms with van der Waals surface area (Å²) in [4.78, 5) is 21.9. The van der Waals surface area contributed by atoms with Crippen molar-refractivity contribution < 1.29 is 4.79 Å². The summed E-state index contributed by atoms with van der Waals surface area (Å²) in [5.74, 6) is 1.45. The molecular weight excluding hydrogens is 332 g/mol. The number of rotatable bonds is 4. The van der Waals surface area contributed by atoms with Crippen molar-refractivity contribution in [2.24, 2.45) is 0 Å². The lowest BCUT2D eigenvalue weighted by molar-refractivity contribution is -0.136. The predicted octanol–water partition coefficient (Wildman–Crippen LogP) is 3.29. The molecule has 1 aliphatic rings. The summed E-state index contributed by atoms with van der Waals surface area (Å²) < 4.78 is 4.43. The first kappa shape index (κ1) is 17.9. The van der Waals surface area contributed by atoms with E-state index in [4.69, 9.17) is 0 Å². The molecule has 0 N–H and O–H groups in total. The van der Waals surface area contributed by atoms with E-state index in [0.717, 1.165) is 42.7 Å². The SMILES string of the molecule is CC(C)c1nsc(N2CCN(C(=O)C(C)(C)c3ccccc3)CC2)n1. The fraction of sp³-hybridized carbons (Fsp3) is 0.526. The molecule has 134 valence electrons. The van der Waals surface area contributed by atoms with Crippen LogP contribution in [0.1, 0.15) is 45.0 Å². The summed E-state index contributed by atoms with van der Waals surface area (Å²) in [7, 11) is 0. The maximum absolute atomic E-state index is 13.0. The number of carbonyl (C=O) groups is 1. The monoisotopic (exact) mass is 358 g/mol. The zero-order chi connectivity index (χ0) is 18.0. The van der Waals surface area contributed by atoms with Crippen molar-refractivity contribution in [2.45, 2.75) is 39.0 Å². The molecule has 1 aromatic carbocycles. The summed E-state index contributed by atoms with van der Waals surface area (Å²) in [6.07, 6.45) is 0. The maximum atomic E-state index is 13.0. The molecule has 6 heteroatoms. The average molecular weight is 359 g/mol. The first-order valence-electron chi connectivity index (χ1n) is 8.83. The van der Waals surface area contributed by atoms with Gasteiger partial charge in [0.25, 0.3) is 0 Å². The van der Waals surface area contributed by atoms with Gasteiger partial charge in [0.15, 0.2) is 0 Å². The van der Waals surface area contributed by atoms with Crippen molar-refractivity contribution in [3.8, 4) is 0 Å². The van der Waals surface area contributed by atoms with Crippen LogP contribution in [0.3, 0.4) is 0 Å². The third-order valence-corrected chi connectivity index (χ3v) is 5.61. The molecule has 3 rings (SSSR count). The molecule has 2 aromatic rings. The number of hydrogen-bond acceptors (Lipinski definition) is 5. The van der Waals surface area contributed by atoms with E-state index in [-0.39, 0.29) is 5.91 Å². The molecule has 0 radical (unpaired) electrons. The lowest BCUT2D eigenvalue weighted by atomic mass is 9.83. The van der Waals surface area contributed by atoms with Crippen molar-refractivity contribution in [3.05, 3.63) is 41.7 Å². The number of amides is 1. The number of benzene rings is 1. The molecule has 1 amide bonds. The molecule has 2 heterocycles. The van der Waals surface area contributed by atoms with Crippen LogP contribution in [0.2, 0.25) is 0 Å². The van der Waals surface area contributed by atoms with Crippen LogP contribution >= 0.6 is 11.5 Å². The Morgan fingerprint density at radius 2 is 1.76 bits per heavy atom. The molecule has 1 saturated heterocycles. The molecule has 0 saturated carbocycles. The van der Waals surface area contributed by atoms with Gasteiger partial charge in [0, 0.05) is 43.6 Å². The highest BCUT2D eigenvalue weighted by Crippen LogP contribution is 2.27. The van der Waals surface area contributed by atoms with Gasteiger partial charge in [-0.3, -0.25) is 4.79 Å². The van der Waals surface area contributed by atoms with E-state index >= 15 is 0 Å². The van der Waals surface area contributed by atoms with Crippen LogP contribution < -0.4 is 4.90 Å².